The van der Waals surface area contributed by atoms with E-state index in [1.807, 2.05) is 19.1 Å². The molecule has 0 spiro atoms. The van der Waals surface area contributed by atoms with Gasteiger partial charge in [0.25, 0.3) is 11.7 Å². The lowest BCUT2D eigenvalue weighted by Gasteiger charge is -2.25. The van der Waals surface area contributed by atoms with Crippen molar-refractivity contribution in [3.8, 4) is 5.75 Å². The van der Waals surface area contributed by atoms with Gasteiger partial charge in [-0.05, 0) is 24.6 Å². The van der Waals surface area contributed by atoms with Gasteiger partial charge < -0.3 is 19.8 Å². The van der Waals surface area contributed by atoms with E-state index in [0.717, 1.165) is 5.56 Å². The van der Waals surface area contributed by atoms with Gasteiger partial charge in [0.2, 0.25) is 0 Å². The predicted octanol–water partition coefficient (Wildman–Crippen LogP) is 2.77. The third kappa shape index (κ3) is 3.57. The Morgan fingerprint density at radius 1 is 1.07 bits per heavy atom. The summed E-state index contributed by atoms with van der Waals surface area (Å²) in [6, 6.07) is 12.6. The molecule has 3 rings (SSSR count). The molecule has 2 aromatic carbocycles. The van der Waals surface area contributed by atoms with Gasteiger partial charge in [0, 0.05) is 19.2 Å². The first-order valence-electron chi connectivity index (χ1n) is 8.57. The molecule has 1 atom stereocenters. The van der Waals surface area contributed by atoms with Crippen molar-refractivity contribution < 1.29 is 24.5 Å². The Kier molecular flexibility index (Phi) is 5.28. The Balaban J connectivity index is 2.14. The van der Waals surface area contributed by atoms with Crippen LogP contribution in [-0.2, 0) is 14.3 Å². The average Bonchev–Trinajstić information content (AvgIpc) is 2.91. The summed E-state index contributed by atoms with van der Waals surface area (Å²) in [6.07, 6.45) is 0. The van der Waals surface area contributed by atoms with Crippen molar-refractivity contribution in [3.05, 3.63) is 70.8 Å². The van der Waals surface area contributed by atoms with Crippen LogP contribution >= 0.6 is 0 Å². The molecule has 0 bridgehead atoms. The zero-order chi connectivity index (χ0) is 19.6. The van der Waals surface area contributed by atoms with Crippen molar-refractivity contribution in [2.45, 2.75) is 13.0 Å². The molecule has 0 unspecified atom stereocenters. The highest BCUT2D eigenvalue weighted by atomic mass is 16.5. The Labute approximate surface area is 157 Å². The number of carbonyl (C=O) groups excluding carboxylic acids is 2. The van der Waals surface area contributed by atoms with Crippen molar-refractivity contribution in [1.82, 2.24) is 4.90 Å². The maximum absolute atomic E-state index is 12.7. The summed E-state index contributed by atoms with van der Waals surface area (Å²) in [4.78, 5) is 26.7. The van der Waals surface area contributed by atoms with Gasteiger partial charge in [0.1, 0.15) is 11.5 Å². The number of aliphatic hydroxyl groups excluding tert-OH is 1. The second kappa shape index (κ2) is 7.63. The van der Waals surface area contributed by atoms with Gasteiger partial charge in [0.05, 0.1) is 18.2 Å². The number of aryl methyl sites for hydroxylation is 1. The number of methoxy groups -OCH3 is 1. The number of nitrogens with zero attached hydrogens (tertiary/aromatic N) is 1. The van der Waals surface area contributed by atoms with Crippen molar-refractivity contribution >= 4 is 17.4 Å². The highest BCUT2D eigenvalue weighted by molar-refractivity contribution is 6.46. The second-order valence-electron chi connectivity index (χ2n) is 6.44. The number of carbonyl (C=O) groups is 2. The maximum Gasteiger partial charge on any atom is 0.295 e. The van der Waals surface area contributed by atoms with Crippen LogP contribution in [0.25, 0.3) is 5.76 Å². The summed E-state index contributed by atoms with van der Waals surface area (Å²) in [5.74, 6) is -1.56. The van der Waals surface area contributed by atoms with Crippen LogP contribution in [0.1, 0.15) is 22.7 Å². The molecule has 2 N–H and O–H groups in total. The molecule has 1 saturated heterocycles. The molecule has 6 heteroatoms. The Morgan fingerprint density at radius 3 is 2.30 bits per heavy atom. The van der Waals surface area contributed by atoms with Crippen molar-refractivity contribution in [2.24, 2.45) is 0 Å². The van der Waals surface area contributed by atoms with E-state index in [1.54, 1.807) is 24.3 Å². The number of hydrogen-bond donors (Lipinski definition) is 2. The first-order chi connectivity index (χ1) is 12.9. The van der Waals surface area contributed by atoms with Gasteiger partial charge in [0.15, 0.2) is 0 Å². The molecular weight excluding hydrogens is 346 g/mol. The quantitative estimate of drug-likeness (QED) is 0.482. The number of likely N-dealkylation sites (tertiary alicyclic amines) is 1. The number of aliphatic hydroxyl groups is 1. The van der Waals surface area contributed by atoms with Crippen LogP contribution in [0, 0.1) is 6.92 Å². The number of ether oxygens (including phenoxy) is 1. The molecule has 1 heterocycles. The van der Waals surface area contributed by atoms with Crippen molar-refractivity contribution in [3.63, 3.8) is 0 Å². The smallest absolute Gasteiger partial charge is 0.295 e. The number of hydrogen-bond acceptors (Lipinski definition) is 5. The number of phenolic OH excluding ortho intramolecular Hbond substituents is 1. The van der Waals surface area contributed by atoms with Gasteiger partial charge in [-0.2, -0.15) is 0 Å². The fraction of sp³-hybridized carbons (Fsp3) is 0.238. The molecule has 0 radical (unpaired) electrons. The van der Waals surface area contributed by atoms with Crippen LogP contribution in [0.3, 0.4) is 0 Å². The molecule has 140 valence electrons. The Morgan fingerprint density at radius 2 is 1.70 bits per heavy atom. The van der Waals surface area contributed by atoms with Gasteiger partial charge in [-0.15, -0.1) is 0 Å². The van der Waals surface area contributed by atoms with E-state index >= 15 is 0 Å². The van der Waals surface area contributed by atoms with E-state index in [2.05, 4.69) is 0 Å². The van der Waals surface area contributed by atoms with Gasteiger partial charge >= 0.3 is 0 Å². The zero-order valence-electron chi connectivity index (χ0n) is 15.2. The second-order valence-corrected chi connectivity index (χ2v) is 6.44. The number of ketones is 1. The van der Waals surface area contributed by atoms with Crippen molar-refractivity contribution in [2.75, 3.05) is 20.3 Å². The van der Waals surface area contributed by atoms with Gasteiger partial charge in [-0.1, -0.05) is 42.0 Å². The van der Waals surface area contributed by atoms with E-state index in [9.17, 15) is 19.8 Å². The Bertz CT molecular complexity index is 884. The maximum atomic E-state index is 12.7. The van der Waals surface area contributed by atoms with Crippen LogP contribution in [0.5, 0.6) is 5.75 Å². The lowest BCUT2D eigenvalue weighted by molar-refractivity contribution is -0.140. The summed E-state index contributed by atoms with van der Waals surface area (Å²) >= 11 is 0. The fourth-order valence-electron chi connectivity index (χ4n) is 3.17. The van der Waals surface area contributed by atoms with Crippen LogP contribution in [0.2, 0.25) is 0 Å². The molecule has 0 aromatic heterocycles. The van der Waals surface area contributed by atoms with Gasteiger partial charge in [-0.25, -0.2) is 0 Å². The van der Waals surface area contributed by atoms with Crippen LogP contribution in [0.15, 0.2) is 54.1 Å². The molecule has 6 nitrogen and oxygen atoms in total. The lowest BCUT2D eigenvalue weighted by Crippen LogP contribution is -2.32. The summed E-state index contributed by atoms with van der Waals surface area (Å²) in [5.41, 5.74) is 2.14. The first kappa shape index (κ1) is 18.7. The van der Waals surface area contributed by atoms with E-state index in [1.165, 1.54) is 24.1 Å². The average molecular weight is 367 g/mol. The first-order valence-corrected chi connectivity index (χ1v) is 8.57. The minimum Gasteiger partial charge on any atom is -0.508 e. The highest BCUT2D eigenvalue weighted by Gasteiger charge is 2.45. The summed E-state index contributed by atoms with van der Waals surface area (Å²) in [7, 11) is 1.51. The lowest BCUT2D eigenvalue weighted by atomic mass is 9.95. The van der Waals surface area contributed by atoms with E-state index in [0.29, 0.717) is 11.1 Å². The summed E-state index contributed by atoms with van der Waals surface area (Å²) in [6.45, 7) is 2.38. The third-order valence-corrected chi connectivity index (χ3v) is 4.61. The number of phenols is 1. The molecule has 1 aliphatic rings. The topological polar surface area (TPSA) is 87.1 Å². The number of benzene rings is 2. The molecule has 1 aliphatic heterocycles. The molecule has 2 aromatic rings. The van der Waals surface area contributed by atoms with Crippen molar-refractivity contribution in [1.29, 1.82) is 0 Å². The number of amides is 1. The highest BCUT2D eigenvalue weighted by Crippen LogP contribution is 2.39. The van der Waals surface area contributed by atoms with E-state index in [-0.39, 0.29) is 30.2 Å². The minimum atomic E-state index is -0.748. The normalized spacial score (nSPS) is 18.9. The fourth-order valence-corrected chi connectivity index (χ4v) is 3.17. The summed E-state index contributed by atoms with van der Waals surface area (Å²) < 4.78 is 5.06. The molecule has 1 fully saturated rings. The van der Waals surface area contributed by atoms with Crippen LogP contribution in [0.4, 0.5) is 0 Å². The van der Waals surface area contributed by atoms with Gasteiger partial charge in [-0.3, -0.25) is 9.59 Å². The Hall–Kier alpha value is -3.12. The number of Topliss-reactive ketones (excluding diaryl/α,β-unsaturated/α-hetero) is 1. The largest absolute Gasteiger partial charge is 0.508 e. The monoisotopic (exact) mass is 367 g/mol. The van der Waals surface area contributed by atoms with E-state index in [4.69, 9.17) is 4.74 Å². The minimum absolute atomic E-state index is 0.0330. The third-order valence-electron chi connectivity index (χ3n) is 4.61. The standard InChI is InChI=1S/C21H21NO5/c1-13-3-5-15(6-4-13)19(24)17-18(14-7-9-16(23)10-8-14)22(11-12-27-2)21(26)20(17)25/h3-10,18,23-24H,11-12H2,1-2H3/b19-17+/t18-/m0/s1. The van der Waals surface area contributed by atoms with Crippen LogP contribution < -0.4 is 0 Å². The molecule has 0 saturated carbocycles. The summed E-state index contributed by atoms with van der Waals surface area (Å²) in [5, 5.41) is 20.4. The number of rotatable bonds is 5. The molecular formula is C21H21NO5. The zero-order valence-corrected chi connectivity index (χ0v) is 15.2. The molecule has 27 heavy (non-hydrogen) atoms. The molecule has 1 amide bonds. The van der Waals surface area contributed by atoms with E-state index < -0.39 is 17.7 Å². The predicted molar refractivity (Wildman–Crippen MR) is 100 cm³/mol. The molecule has 0 aliphatic carbocycles. The number of aromatic hydroxyl groups is 1. The SMILES string of the molecule is COCCN1C(=O)C(=O)/C(=C(/O)c2ccc(C)cc2)[C@@H]1c1ccc(O)cc1. The van der Waals surface area contributed by atoms with Crippen LogP contribution in [-0.4, -0.2) is 47.1 Å².